The number of likely N-dealkylation sites (N-methyl/N-ethyl adjacent to an activating group) is 1. The number of rotatable bonds is 5. The quantitative estimate of drug-likeness (QED) is 0.362. The second-order valence-electron chi connectivity index (χ2n) is 6.22. The Morgan fingerprint density at radius 3 is 2.37 bits per heavy atom. The fourth-order valence-electron chi connectivity index (χ4n) is 2.65. The van der Waals surface area contributed by atoms with E-state index >= 15 is 0 Å². The fraction of sp³-hybridized carbons (Fsp3) is 0.158. The Morgan fingerprint density at radius 1 is 1.07 bits per heavy atom. The van der Waals surface area contributed by atoms with Crippen molar-refractivity contribution in [1.82, 2.24) is 9.47 Å². The number of aryl methyl sites for hydroxylation is 1. The lowest BCUT2D eigenvalue weighted by Crippen LogP contribution is -2.29. The summed E-state index contributed by atoms with van der Waals surface area (Å²) in [6, 6.07) is 10.9. The van der Waals surface area contributed by atoms with E-state index in [4.69, 9.17) is 23.2 Å². The second kappa shape index (κ2) is 7.84. The first-order valence-corrected chi connectivity index (χ1v) is 9.57. The van der Waals surface area contributed by atoms with E-state index in [2.05, 4.69) is 4.72 Å². The van der Waals surface area contributed by atoms with Gasteiger partial charge in [-0.2, -0.15) is 0 Å². The van der Waals surface area contributed by atoms with Crippen molar-refractivity contribution in [2.24, 2.45) is 7.05 Å². The van der Waals surface area contributed by atoms with Gasteiger partial charge in [0.25, 0.3) is 11.7 Å². The Balaban J connectivity index is 1.86. The fourth-order valence-corrected chi connectivity index (χ4v) is 4.04. The molecular formula is C19H17Cl2N3O2S. The van der Waals surface area contributed by atoms with Crippen LogP contribution in [0.3, 0.4) is 0 Å². The number of Topliss-reactive ketones (excluding diaryl/α,β-unsaturated/α-hetero) is 1. The van der Waals surface area contributed by atoms with Crippen LogP contribution in [0.25, 0.3) is 10.9 Å². The van der Waals surface area contributed by atoms with Crippen LogP contribution in [0.1, 0.15) is 10.4 Å². The van der Waals surface area contributed by atoms with Gasteiger partial charge in [0, 0.05) is 53.4 Å². The van der Waals surface area contributed by atoms with Gasteiger partial charge in [0.05, 0.1) is 11.1 Å². The monoisotopic (exact) mass is 421 g/mol. The number of ketones is 1. The SMILES string of the molecule is CN(C)C(=O)C(=O)c1cn(C)c2cc(NSc3cc(Cl)cc(Cl)c3)ccc12. The number of anilines is 1. The molecule has 140 valence electrons. The molecule has 0 saturated carbocycles. The summed E-state index contributed by atoms with van der Waals surface area (Å²) in [4.78, 5) is 26.6. The van der Waals surface area contributed by atoms with Crippen LogP contribution in [-0.2, 0) is 11.8 Å². The molecule has 27 heavy (non-hydrogen) atoms. The highest BCUT2D eigenvalue weighted by atomic mass is 35.5. The summed E-state index contributed by atoms with van der Waals surface area (Å²) >= 11 is 13.4. The highest BCUT2D eigenvalue weighted by Gasteiger charge is 2.22. The minimum Gasteiger partial charge on any atom is -0.350 e. The summed E-state index contributed by atoms with van der Waals surface area (Å²) in [5.41, 5.74) is 2.09. The molecule has 3 rings (SSSR count). The van der Waals surface area contributed by atoms with Crippen LogP contribution >= 0.6 is 35.1 Å². The van der Waals surface area contributed by atoms with Crippen molar-refractivity contribution in [2.45, 2.75) is 4.90 Å². The zero-order valence-electron chi connectivity index (χ0n) is 14.9. The van der Waals surface area contributed by atoms with Gasteiger partial charge in [0.1, 0.15) is 0 Å². The first-order chi connectivity index (χ1) is 12.8. The van der Waals surface area contributed by atoms with Crippen molar-refractivity contribution < 1.29 is 9.59 Å². The molecule has 0 radical (unpaired) electrons. The van der Waals surface area contributed by atoms with Gasteiger partial charge in [-0.15, -0.1) is 0 Å². The van der Waals surface area contributed by atoms with Gasteiger partial charge in [-0.1, -0.05) is 23.2 Å². The minimum absolute atomic E-state index is 0.395. The van der Waals surface area contributed by atoms with E-state index in [-0.39, 0.29) is 0 Å². The highest BCUT2D eigenvalue weighted by Crippen LogP contribution is 2.30. The van der Waals surface area contributed by atoms with Crippen LogP contribution in [0.2, 0.25) is 10.0 Å². The van der Waals surface area contributed by atoms with Crippen molar-refractivity contribution in [3.8, 4) is 0 Å². The van der Waals surface area contributed by atoms with Gasteiger partial charge in [-0.3, -0.25) is 9.59 Å². The van der Waals surface area contributed by atoms with E-state index in [1.54, 1.807) is 26.4 Å². The van der Waals surface area contributed by atoms with E-state index in [1.165, 1.54) is 16.8 Å². The van der Waals surface area contributed by atoms with Crippen molar-refractivity contribution in [3.63, 3.8) is 0 Å². The summed E-state index contributed by atoms with van der Waals surface area (Å²) in [6.07, 6.45) is 1.68. The lowest BCUT2D eigenvalue weighted by Gasteiger charge is -2.09. The van der Waals surface area contributed by atoms with Crippen molar-refractivity contribution in [2.75, 3.05) is 18.8 Å². The molecule has 0 spiro atoms. The van der Waals surface area contributed by atoms with Gasteiger partial charge in [-0.25, -0.2) is 0 Å². The van der Waals surface area contributed by atoms with Crippen LogP contribution < -0.4 is 4.72 Å². The zero-order valence-corrected chi connectivity index (χ0v) is 17.2. The number of benzene rings is 2. The Labute approximate surface area is 171 Å². The minimum atomic E-state index is -0.543. The summed E-state index contributed by atoms with van der Waals surface area (Å²) < 4.78 is 5.07. The molecule has 0 fully saturated rings. The molecule has 0 unspecified atom stereocenters. The summed E-state index contributed by atoms with van der Waals surface area (Å²) in [5.74, 6) is -1.06. The molecule has 3 aromatic rings. The molecule has 0 saturated heterocycles. The molecule has 0 atom stereocenters. The van der Waals surface area contributed by atoms with E-state index in [0.29, 0.717) is 15.6 Å². The molecule has 5 nitrogen and oxygen atoms in total. The van der Waals surface area contributed by atoms with Gasteiger partial charge in [-0.05, 0) is 48.3 Å². The van der Waals surface area contributed by atoms with Gasteiger partial charge >= 0.3 is 0 Å². The third-order valence-corrected chi connectivity index (χ3v) is 5.20. The number of halogens is 2. The van der Waals surface area contributed by atoms with E-state index in [1.807, 2.05) is 41.9 Å². The van der Waals surface area contributed by atoms with Gasteiger partial charge in [0.15, 0.2) is 0 Å². The predicted octanol–water partition coefficient (Wildman–Crippen LogP) is 4.88. The lowest BCUT2D eigenvalue weighted by atomic mass is 10.1. The second-order valence-corrected chi connectivity index (χ2v) is 7.98. The molecule has 0 aliphatic rings. The maximum absolute atomic E-state index is 12.4. The summed E-state index contributed by atoms with van der Waals surface area (Å²) in [5, 5.41) is 1.87. The molecule has 8 heteroatoms. The smallest absolute Gasteiger partial charge is 0.294 e. The largest absolute Gasteiger partial charge is 0.350 e. The standard InChI is InChI=1S/C19H17Cl2N3O2S/c1-23(2)19(26)18(25)16-10-24(3)17-9-13(4-5-15(16)17)22-27-14-7-11(20)6-12(21)8-14/h4-10,22H,1-3H3. The van der Waals surface area contributed by atoms with Crippen molar-refractivity contribution in [1.29, 1.82) is 0 Å². The molecule has 1 amide bonds. The Bertz CT molecular complexity index is 1030. The van der Waals surface area contributed by atoms with Crippen LogP contribution in [0.4, 0.5) is 5.69 Å². The number of fused-ring (bicyclic) bond motifs is 1. The Kier molecular flexibility index (Phi) is 5.69. The maximum Gasteiger partial charge on any atom is 0.294 e. The number of carbonyl (C=O) groups excluding carboxylic acids is 2. The normalized spacial score (nSPS) is 10.9. The van der Waals surface area contributed by atoms with Crippen LogP contribution in [-0.4, -0.2) is 35.3 Å². The summed E-state index contributed by atoms with van der Waals surface area (Å²) in [7, 11) is 4.96. The number of nitrogens with zero attached hydrogens (tertiary/aromatic N) is 2. The zero-order chi connectivity index (χ0) is 19.7. The number of hydrogen-bond donors (Lipinski definition) is 1. The molecule has 0 aliphatic heterocycles. The average Bonchev–Trinajstić information content (AvgIpc) is 2.94. The van der Waals surface area contributed by atoms with Gasteiger partial charge in [0.2, 0.25) is 0 Å². The molecular weight excluding hydrogens is 405 g/mol. The number of hydrogen-bond acceptors (Lipinski definition) is 4. The Hall–Kier alpha value is -2.15. The van der Waals surface area contributed by atoms with E-state index in [9.17, 15) is 9.59 Å². The first kappa shape index (κ1) is 19.6. The summed E-state index contributed by atoms with van der Waals surface area (Å²) in [6.45, 7) is 0. The van der Waals surface area contributed by atoms with Crippen LogP contribution in [0.15, 0.2) is 47.5 Å². The molecule has 0 bridgehead atoms. The predicted molar refractivity (Wildman–Crippen MR) is 112 cm³/mol. The first-order valence-electron chi connectivity index (χ1n) is 8.00. The number of amides is 1. The van der Waals surface area contributed by atoms with Crippen molar-refractivity contribution in [3.05, 3.63) is 58.2 Å². The molecule has 2 aromatic carbocycles. The molecule has 0 aliphatic carbocycles. The molecule has 1 N–H and O–H groups in total. The molecule has 1 heterocycles. The maximum atomic E-state index is 12.4. The third-order valence-electron chi connectivity index (χ3n) is 3.96. The van der Waals surface area contributed by atoms with E-state index < -0.39 is 11.7 Å². The highest BCUT2D eigenvalue weighted by molar-refractivity contribution is 8.00. The van der Waals surface area contributed by atoms with Crippen LogP contribution in [0, 0.1) is 0 Å². The third kappa shape index (κ3) is 4.24. The van der Waals surface area contributed by atoms with Crippen LogP contribution in [0.5, 0.6) is 0 Å². The number of aromatic nitrogens is 1. The van der Waals surface area contributed by atoms with E-state index in [0.717, 1.165) is 21.5 Å². The lowest BCUT2D eigenvalue weighted by molar-refractivity contribution is -0.124. The number of carbonyl (C=O) groups is 2. The van der Waals surface area contributed by atoms with Crippen molar-refractivity contribution >= 4 is 63.4 Å². The van der Waals surface area contributed by atoms with Gasteiger partial charge < -0.3 is 14.2 Å². The topological polar surface area (TPSA) is 54.3 Å². The Morgan fingerprint density at radius 2 is 1.74 bits per heavy atom. The number of nitrogens with one attached hydrogen (secondary N) is 1. The average molecular weight is 422 g/mol. The molecule has 1 aromatic heterocycles.